The second-order valence-electron chi connectivity index (χ2n) is 6.50. The number of hydrogen-bond acceptors (Lipinski definition) is 7. The summed E-state index contributed by atoms with van der Waals surface area (Å²) in [4.78, 5) is 12.9. The minimum Gasteiger partial charge on any atom is -0.504 e. The summed E-state index contributed by atoms with van der Waals surface area (Å²) in [5.41, 5.74) is -0.616. The largest absolute Gasteiger partial charge is 0.504 e. The van der Waals surface area contributed by atoms with Gasteiger partial charge in [-0.1, -0.05) is 6.07 Å². The maximum absolute atomic E-state index is 13.1. The van der Waals surface area contributed by atoms with Gasteiger partial charge in [0.2, 0.25) is 5.43 Å². The summed E-state index contributed by atoms with van der Waals surface area (Å²) in [6.45, 7) is 0. The molecule has 0 saturated heterocycles. The number of rotatable bonds is 5. The maximum Gasteiger partial charge on any atom is 0.262 e. The van der Waals surface area contributed by atoms with E-state index >= 15 is 0 Å². The predicted octanol–water partition coefficient (Wildman–Crippen LogP) is 3.61. The van der Waals surface area contributed by atoms with Crippen LogP contribution in [0.4, 0.5) is 10.1 Å². The molecule has 3 aromatic carbocycles. The van der Waals surface area contributed by atoms with E-state index in [4.69, 9.17) is 13.9 Å². The number of methoxy groups -OCH3 is 2. The number of nitrogens with one attached hydrogen (secondary N) is 1. The van der Waals surface area contributed by atoms with Gasteiger partial charge in [-0.3, -0.25) is 9.52 Å². The van der Waals surface area contributed by atoms with Gasteiger partial charge in [-0.2, -0.15) is 0 Å². The van der Waals surface area contributed by atoms with Crippen LogP contribution >= 0.6 is 0 Å². The summed E-state index contributed by atoms with van der Waals surface area (Å²) < 4.78 is 57.0. The predicted molar refractivity (Wildman–Crippen MR) is 112 cm³/mol. The minimum atomic E-state index is -4.16. The molecule has 0 aliphatic rings. The van der Waals surface area contributed by atoms with E-state index in [2.05, 4.69) is 4.72 Å². The van der Waals surface area contributed by atoms with Crippen LogP contribution in [0.5, 0.6) is 17.2 Å². The molecule has 0 aliphatic heterocycles. The Morgan fingerprint density at radius 3 is 2.35 bits per heavy atom. The summed E-state index contributed by atoms with van der Waals surface area (Å²) in [6.07, 6.45) is 0. The van der Waals surface area contributed by atoms with Crippen molar-refractivity contribution in [2.24, 2.45) is 0 Å². The fourth-order valence-electron chi connectivity index (χ4n) is 3.26. The second kappa shape index (κ2) is 7.47. The van der Waals surface area contributed by atoms with Gasteiger partial charge in [0.05, 0.1) is 24.8 Å². The third kappa shape index (κ3) is 3.40. The molecule has 2 N–H and O–H groups in total. The van der Waals surface area contributed by atoms with Crippen LogP contribution in [0.15, 0.2) is 62.6 Å². The zero-order valence-corrected chi connectivity index (χ0v) is 17.1. The summed E-state index contributed by atoms with van der Waals surface area (Å²) in [6, 6.07) is 10.2. The zero-order chi connectivity index (χ0) is 22.3. The summed E-state index contributed by atoms with van der Waals surface area (Å²) in [5.74, 6) is -1.21. The van der Waals surface area contributed by atoms with Gasteiger partial charge in [-0.05, 0) is 36.4 Å². The Labute approximate surface area is 175 Å². The molecule has 0 aliphatic carbocycles. The summed E-state index contributed by atoms with van der Waals surface area (Å²) in [5, 5.41) is 10.7. The average molecular weight is 445 g/mol. The first-order valence-corrected chi connectivity index (χ1v) is 10.4. The van der Waals surface area contributed by atoms with Crippen LogP contribution < -0.4 is 19.6 Å². The van der Waals surface area contributed by atoms with E-state index in [1.54, 1.807) is 18.2 Å². The van der Waals surface area contributed by atoms with E-state index < -0.39 is 27.0 Å². The highest BCUT2D eigenvalue weighted by molar-refractivity contribution is 7.92. The van der Waals surface area contributed by atoms with Crippen LogP contribution in [0.2, 0.25) is 0 Å². The van der Waals surface area contributed by atoms with E-state index in [9.17, 15) is 22.7 Å². The van der Waals surface area contributed by atoms with Crippen molar-refractivity contribution in [1.29, 1.82) is 0 Å². The van der Waals surface area contributed by atoms with Gasteiger partial charge in [-0.25, -0.2) is 12.8 Å². The molecule has 10 heteroatoms. The number of benzene rings is 3. The van der Waals surface area contributed by atoms with Gasteiger partial charge >= 0.3 is 0 Å². The molecule has 31 heavy (non-hydrogen) atoms. The average Bonchev–Trinajstić information content (AvgIpc) is 2.73. The van der Waals surface area contributed by atoms with Crippen LogP contribution in [-0.4, -0.2) is 27.7 Å². The Balaban J connectivity index is 1.96. The van der Waals surface area contributed by atoms with Crippen molar-refractivity contribution < 1.29 is 31.8 Å². The van der Waals surface area contributed by atoms with Crippen molar-refractivity contribution in [2.75, 3.05) is 18.9 Å². The summed E-state index contributed by atoms with van der Waals surface area (Å²) >= 11 is 0. The molecule has 1 aromatic heterocycles. The van der Waals surface area contributed by atoms with Crippen LogP contribution in [0.25, 0.3) is 21.9 Å². The molecular weight excluding hydrogens is 429 g/mol. The molecule has 0 saturated carbocycles. The van der Waals surface area contributed by atoms with Gasteiger partial charge in [0.15, 0.2) is 11.5 Å². The van der Waals surface area contributed by atoms with Crippen molar-refractivity contribution in [2.45, 2.75) is 4.90 Å². The van der Waals surface area contributed by atoms with Crippen molar-refractivity contribution >= 4 is 37.6 Å². The van der Waals surface area contributed by atoms with Crippen molar-refractivity contribution in [3.05, 3.63) is 64.6 Å². The minimum absolute atomic E-state index is 0.0686. The van der Waals surface area contributed by atoms with Gasteiger partial charge in [0.25, 0.3) is 10.0 Å². The highest BCUT2D eigenvalue weighted by atomic mass is 32.2. The molecule has 0 amide bonds. The number of phenols is 1. The number of sulfonamides is 1. The van der Waals surface area contributed by atoms with Crippen LogP contribution in [0, 0.1) is 5.82 Å². The van der Waals surface area contributed by atoms with Crippen molar-refractivity contribution in [3.8, 4) is 17.2 Å². The fourth-order valence-corrected chi connectivity index (χ4v) is 4.31. The Hall–Kier alpha value is -3.79. The number of anilines is 1. The standard InChI is InChI=1S/C21H16FNO7S/c1-28-14-4-3-5-15-17(14)19(24)18-16(30-15)10-13(21(29-2)20(18)25)23-31(26,27)12-8-6-11(22)7-9-12/h3-10,23,25H,1-2H3. The molecule has 1 heterocycles. The Bertz CT molecular complexity index is 1480. The van der Waals surface area contributed by atoms with E-state index in [0.29, 0.717) is 0 Å². The number of phenolic OH excluding ortho intramolecular Hbond substituents is 1. The molecule has 0 fully saturated rings. The van der Waals surface area contributed by atoms with E-state index in [0.717, 1.165) is 24.3 Å². The topological polar surface area (TPSA) is 115 Å². The monoisotopic (exact) mass is 445 g/mol. The molecule has 0 spiro atoms. The molecule has 8 nitrogen and oxygen atoms in total. The number of hydrogen-bond donors (Lipinski definition) is 2. The zero-order valence-electron chi connectivity index (χ0n) is 16.3. The third-order valence-electron chi connectivity index (χ3n) is 4.67. The first-order valence-electron chi connectivity index (χ1n) is 8.88. The number of halogens is 1. The lowest BCUT2D eigenvalue weighted by atomic mass is 10.1. The molecule has 160 valence electrons. The lowest BCUT2D eigenvalue weighted by Crippen LogP contribution is -2.14. The lowest BCUT2D eigenvalue weighted by Gasteiger charge is -2.15. The Kier molecular flexibility index (Phi) is 4.94. The van der Waals surface area contributed by atoms with Crippen LogP contribution in [0.1, 0.15) is 0 Å². The number of fused-ring (bicyclic) bond motifs is 2. The van der Waals surface area contributed by atoms with Gasteiger partial charge in [-0.15, -0.1) is 0 Å². The number of ether oxygens (including phenoxy) is 2. The fraction of sp³-hybridized carbons (Fsp3) is 0.0952. The number of aromatic hydroxyl groups is 1. The SMILES string of the molecule is COc1c(NS(=O)(=O)c2ccc(F)cc2)cc2oc3cccc(OC)c3c(=O)c2c1O. The molecule has 4 rings (SSSR count). The molecule has 4 aromatic rings. The second-order valence-corrected chi connectivity index (χ2v) is 8.19. The smallest absolute Gasteiger partial charge is 0.262 e. The first kappa shape index (κ1) is 20.5. The molecule has 0 atom stereocenters. The maximum atomic E-state index is 13.1. The van der Waals surface area contributed by atoms with Crippen molar-refractivity contribution in [1.82, 2.24) is 0 Å². The van der Waals surface area contributed by atoms with E-state index in [-0.39, 0.29) is 44.0 Å². The Morgan fingerprint density at radius 1 is 1.00 bits per heavy atom. The third-order valence-corrected chi connectivity index (χ3v) is 6.05. The first-order chi connectivity index (χ1) is 14.8. The molecular formula is C21H16FNO7S. The quantitative estimate of drug-likeness (QED) is 0.451. The normalized spacial score (nSPS) is 11.6. The summed E-state index contributed by atoms with van der Waals surface area (Å²) in [7, 11) is -1.56. The highest BCUT2D eigenvalue weighted by Crippen LogP contribution is 2.42. The van der Waals surface area contributed by atoms with Crippen molar-refractivity contribution in [3.63, 3.8) is 0 Å². The van der Waals surface area contributed by atoms with E-state index in [1.165, 1.54) is 20.3 Å². The lowest BCUT2D eigenvalue weighted by molar-refractivity contribution is 0.378. The van der Waals surface area contributed by atoms with Crippen LogP contribution in [0.3, 0.4) is 0 Å². The molecule has 0 bridgehead atoms. The molecule has 0 unspecified atom stereocenters. The van der Waals surface area contributed by atoms with Crippen LogP contribution in [-0.2, 0) is 10.0 Å². The van der Waals surface area contributed by atoms with Gasteiger partial charge in [0, 0.05) is 6.07 Å². The van der Waals surface area contributed by atoms with Gasteiger partial charge in [0.1, 0.15) is 33.5 Å². The van der Waals surface area contributed by atoms with E-state index in [1.807, 2.05) is 0 Å². The molecule has 0 radical (unpaired) electrons. The highest BCUT2D eigenvalue weighted by Gasteiger charge is 2.24. The van der Waals surface area contributed by atoms with Gasteiger partial charge < -0.3 is 19.0 Å². The Morgan fingerprint density at radius 2 is 1.71 bits per heavy atom.